The van der Waals surface area contributed by atoms with Gasteiger partial charge in [0.2, 0.25) is 5.95 Å². The molecule has 1 N–H and O–H groups in total. The molecule has 1 unspecified atom stereocenters. The van der Waals surface area contributed by atoms with E-state index < -0.39 is 11.4 Å². The topological polar surface area (TPSA) is 78.8 Å². The molecule has 2 saturated heterocycles. The molecule has 3 rings (SSSR count). The number of morpholine rings is 1. The van der Waals surface area contributed by atoms with Crippen LogP contribution in [0.4, 0.5) is 11.8 Å². The van der Waals surface area contributed by atoms with Crippen LogP contribution < -0.4 is 9.80 Å². The Morgan fingerprint density at radius 3 is 2.64 bits per heavy atom. The van der Waals surface area contributed by atoms with E-state index in [0.29, 0.717) is 30.6 Å². The highest BCUT2D eigenvalue weighted by Crippen LogP contribution is 2.33. The van der Waals surface area contributed by atoms with Gasteiger partial charge in [-0.15, -0.1) is 0 Å². The molecule has 2 aliphatic heterocycles. The minimum absolute atomic E-state index is 0.624. The summed E-state index contributed by atoms with van der Waals surface area (Å²) in [6, 6.07) is 0. The molecule has 1 aromatic heterocycles. The van der Waals surface area contributed by atoms with Crippen LogP contribution in [-0.2, 0) is 14.9 Å². The monoisotopic (exact) mass is 348 g/mol. The number of aliphatic carboxylic acids is 1. The van der Waals surface area contributed by atoms with Crippen LogP contribution in [0.25, 0.3) is 0 Å². The Bertz CT molecular complexity index is 629. The summed E-state index contributed by atoms with van der Waals surface area (Å²) in [5.74, 6) is 1.20. The molecule has 1 atom stereocenters. The largest absolute Gasteiger partial charge is 0.481 e. The fourth-order valence-electron chi connectivity index (χ4n) is 3.46. The zero-order valence-corrected chi connectivity index (χ0v) is 15.4. The number of piperidine rings is 1. The van der Waals surface area contributed by atoms with E-state index in [1.807, 2.05) is 0 Å². The van der Waals surface area contributed by atoms with Gasteiger partial charge < -0.3 is 19.6 Å². The van der Waals surface area contributed by atoms with Crippen molar-refractivity contribution in [1.82, 2.24) is 9.97 Å². The van der Waals surface area contributed by atoms with Crippen LogP contribution in [0.1, 0.15) is 39.2 Å². The number of aromatic nitrogens is 2. The molecule has 2 fully saturated rings. The first kappa shape index (κ1) is 17.9. The molecule has 3 heterocycles. The second-order valence-electron chi connectivity index (χ2n) is 7.63. The van der Waals surface area contributed by atoms with E-state index in [9.17, 15) is 9.90 Å². The van der Waals surface area contributed by atoms with Gasteiger partial charge in [0.15, 0.2) is 0 Å². The number of ether oxygens (including phenoxy) is 1. The number of carboxylic acid groups (broad SMARTS) is 1. The lowest BCUT2D eigenvalue weighted by molar-refractivity contribution is -0.142. The molecule has 0 radical (unpaired) electrons. The third-order valence-electron chi connectivity index (χ3n) is 5.21. The van der Waals surface area contributed by atoms with Crippen molar-refractivity contribution in [2.45, 2.75) is 39.0 Å². The summed E-state index contributed by atoms with van der Waals surface area (Å²) < 4.78 is 5.44. The van der Waals surface area contributed by atoms with Crippen LogP contribution in [0.15, 0.2) is 6.20 Å². The normalized spacial score (nSPS) is 22.1. The number of anilines is 2. The number of carboxylic acids is 1. The van der Waals surface area contributed by atoms with E-state index in [2.05, 4.69) is 21.7 Å². The minimum Gasteiger partial charge on any atom is -0.481 e. The summed E-state index contributed by atoms with van der Waals surface area (Å²) in [7, 11) is 0. The van der Waals surface area contributed by atoms with E-state index in [1.165, 1.54) is 6.42 Å². The number of rotatable bonds is 4. The van der Waals surface area contributed by atoms with Gasteiger partial charge in [0.05, 0.1) is 18.6 Å². The molecule has 138 valence electrons. The van der Waals surface area contributed by atoms with Gasteiger partial charge >= 0.3 is 5.97 Å². The Morgan fingerprint density at radius 1 is 1.28 bits per heavy atom. The maximum Gasteiger partial charge on any atom is 0.313 e. The molecule has 0 aromatic carbocycles. The van der Waals surface area contributed by atoms with Crippen LogP contribution in [0.3, 0.4) is 0 Å². The van der Waals surface area contributed by atoms with Crippen LogP contribution in [0.2, 0.25) is 0 Å². The van der Waals surface area contributed by atoms with Gasteiger partial charge in [-0.1, -0.05) is 6.92 Å². The van der Waals surface area contributed by atoms with Crippen molar-refractivity contribution >= 4 is 17.7 Å². The van der Waals surface area contributed by atoms with Crippen molar-refractivity contribution < 1.29 is 14.6 Å². The summed E-state index contributed by atoms with van der Waals surface area (Å²) in [5, 5.41) is 9.66. The highest BCUT2D eigenvalue weighted by atomic mass is 16.5. The predicted molar refractivity (Wildman–Crippen MR) is 96.3 cm³/mol. The van der Waals surface area contributed by atoms with Crippen molar-refractivity contribution in [2.75, 3.05) is 49.2 Å². The Kier molecular flexibility index (Phi) is 5.13. The van der Waals surface area contributed by atoms with E-state index in [4.69, 9.17) is 9.72 Å². The van der Waals surface area contributed by atoms with Crippen molar-refractivity contribution in [3.8, 4) is 0 Å². The summed E-state index contributed by atoms with van der Waals surface area (Å²) in [5.41, 5.74) is -0.378. The van der Waals surface area contributed by atoms with Gasteiger partial charge in [-0.05, 0) is 32.6 Å². The highest BCUT2D eigenvalue weighted by Gasteiger charge is 2.35. The molecule has 7 nitrogen and oxygen atoms in total. The summed E-state index contributed by atoms with van der Waals surface area (Å²) in [6.07, 6.45) is 4.08. The second kappa shape index (κ2) is 7.15. The van der Waals surface area contributed by atoms with Gasteiger partial charge in [-0.2, -0.15) is 4.98 Å². The zero-order chi connectivity index (χ0) is 18.0. The smallest absolute Gasteiger partial charge is 0.313 e. The van der Waals surface area contributed by atoms with Crippen molar-refractivity contribution in [2.24, 2.45) is 5.92 Å². The molecule has 7 heteroatoms. The minimum atomic E-state index is -1.04. The van der Waals surface area contributed by atoms with E-state index in [0.717, 1.165) is 38.4 Å². The fraction of sp³-hybridized carbons (Fsp3) is 0.722. The van der Waals surface area contributed by atoms with Crippen molar-refractivity contribution in [1.29, 1.82) is 0 Å². The molecule has 25 heavy (non-hydrogen) atoms. The molecular weight excluding hydrogens is 320 g/mol. The van der Waals surface area contributed by atoms with E-state index in [1.54, 1.807) is 20.0 Å². The van der Waals surface area contributed by atoms with E-state index >= 15 is 0 Å². The fourth-order valence-corrected chi connectivity index (χ4v) is 3.46. The van der Waals surface area contributed by atoms with Gasteiger partial charge in [-0.25, -0.2) is 4.98 Å². The standard InChI is InChI=1S/C18H28N4O3/c1-13-5-4-6-22(12-13)17-19-11-14(18(2,3)16(23)24)15(20-17)21-7-9-25-10-8-21/h11,13H,4-10,12H2,1-3H3,(H,23,24). The van der Waals surface area contributed by atoms with Gasteiger partial charge in [0, 0.05) is 37.9 Å². The highest BCUT2D eigenvalue weighted by molar-refractivity contribution is 5.82. The first-order valence-electron chi connectivity index (χ1n) is 9.08. The lowest BCUT2D eigenvalue weighted by atomic mass is 9.85. The van der Waals surface area contributed by atoms with Crippen LogP contribution in [0.5, 0.6) is 0 Å². The average molecular weight is 348 g/mol. The molecule has 2 aliphatic rings. The molecule has 0 bridgehead atoms. The third kappa shape index (κ3) is 3.71. The lowest BCUT2D eigenvalue weighted by Gasteiger charge is -2.35. The molecule has 1 aromatic rings. The average Bonchev–Trinajstić information content (AvgIpc) is 2.62. The summed E-state index contributed by atoms with van der Waals surface area (Å²) in [6.45, 7) is 10.3. The second-order valence-corrected chi connectivity index (χ2v) is 7.63. The zero-order valence-electron chi connectivity index (χ0n) is 15.4. The first-order valence-corrected chi connectivity index (χ1v) is 9.08. The third-order valence-corrected chi connectivity index (χ3v) is 5.21. The maximum atomic E-state index is 11.8. The van der Waals surface area contributed by atoms with Gasteiger partial charge in [0.1, 0.15) is 5.82 Å². The maximum absolute atomic E-state index is 11.8. The quantitative estimate of drug-likeness (QED) is 0.890. The number of hydrogen-bond acceptors (Lipinski definition) is 6. The Labute approximate surface area is 149 Å². The van der Waals surface area contributed by atoms with Crippen LogP contribution in [-0.4, -0.2) is 60.4 Å². The predicted octanol–water partition coefficient (Wildman–Crippen LogP) is 1.91. The Morgan fingerprint density at radius 2 is 2.00 bits per heavy atom. The number of nitrogens with zero attached hydrogens (tertiary/aromatic N) is 4. The SMILES string of the molecule is CC1CCCN(c2ncc(C(C)(C)C(=O)O)c(N3CCOCC3)n2)C1. The van der Waals surface area contributed by atoms with Crippen molar-refractivity contribution in [3.63, 3.8) is 0 Å². The van der Waals surface area contributed by atoms with Gasteiger partial charge in [-0.3, -0.25) is 4.79 Å². The molecule has 0 amide bonds. The molecule has 0 spiro atoms. The van der Waals surface area contributed by atoms with Crippen LogP contribution >= 0.6 is 0 Å². The first-order chi connectivity index (χ1) is 11.9. The summed E-state index contributed by atoms with van der Waals surface area (Å²) in [4.78, 5) is 25.5. The molecule has 0 saturated carbocycles. The Hall–Kier alpha value is -1.89. The lowest BCUT2D eigenvalue weighted by Crippen LogP contribution is -2.41. The molecule has 0 aliphatic carbocycles. The van der Waals surface area contributed by atoms with Crippen LogP contribution in [0, 0.1) is 5.92 Å². The summed E-state index contributed by atoms with van der Waals surface area (Å²) >= 11 is 0. The number of carbonyl (C=O) groups is 1. The van der Waals surface area contributed by atoms with E-state index in [-0.39, 0.29) is 0 Å². The van der Waals surface area contributed by atoms with Gasteiger partial charge in [0.25, 0.3) is 0 Å². The Balaban J connectivity index is 1.99. The number of hydrogen-bond donors (Lipinski definition) is 1. The van der Waals surface area contributed by atoms with Crippen molar-refractivity contribution in [3.05, 3.63) is 11.8 Å². The molecular formula is C18H28N4O3.